The summed E-state index contributed by atoms with van der Waals surface area (Å²) in [6.45, 7) is 10.2. The Kier molecular flexibility index (Phi) is 9.08. The molecule has 4 atom stereocenters. The molecule has 3 saturated heterocycles. The molecule has 0 radical (unpaired) electrons. The fraction of sp³-hybridized carbons (Fsp3) is 0.679. The summed E-state index contributed by atoms with van der Waals surface area (Å²) in [5.41, 5.74) is 0.864. The quantitative estimate of drug-likeness (QED) is 0.599. The predicted molar refractivity (Wildman–Crippen MR) is 139 cm³/mol. The van der Waals surface area contributed by atoms with Crippen molar-refractivity contribution in [2.45, 2.75) is 90.8 Å². The van der Waals surface area contributed by atoms with Gasteiger partial charge in [0.1, 0.15) is 12.6 Å². The number of fused-ring (bicyclic) bond motifs is 1. The Bertz CT molecular complexity index is 932. The lowest BCUT2D eigenvalue weighted by atomic mass is 9.93. The van der Waals surface area contributed by atoms with Crippen LogP contribution in [0.15, 0.2) is 30.3 Å². The van der Waals surface area contributed by atoms with Crippen molar-refractivity contribution in [3.05, 3.63) is 35.9 Å². The summed E-state index contributed by atoms with van der Waals surface area (Å²) in [6, 6.07) is 8.90. The van der Waals surface area contributed by atoms with Crippen molar-refractivity contribution in [2.75, 3.05) is 19.6 Å². The van der Waals surface area contributed by atoms with Crippen molar-refractivity contribution >= 4 is 17.9 Å². The number of nitrogens with one attached hydrogen (secondary N) is 1. The Balaban J connectivity index is 1.64. The number of piperazine rings is 1. The minimum Gasteiger partial charge on any atom is -0.443 e. The Morgan fingerprint density at radius 2 is 1.76 bits per heavy atom. The molecule has 9 heteroatoms. The standard InChI is InChI=1S/C28H42N4O5/c1-19(2)15-23-26(33)30(22-11-8-13-29-14-12-22)17-25-31(23)27(34)24(16-20(3)4)37-32(25)28(35)36-18-21-9-6-5-7-10-21/h5-7,9-10,19-20,22-25,29H,8,11-18H2,1-4H3/t22?,23-,24+,25-/m0/s1. The first-order valence-corrected chi connectivity index (χ1v) is 13.8. The van der Waals surface area contributed by atoms with Crippen molar-refractivity contribution in [1.29, 1.82) is 0 Å². The molecule has 0 aromatic heterocycles. The van der Waals surface area contributed by atoms with E-state index in [1.54, 1.807) is 4.90 Å². The Labute approximate surface area is 220 Å². The van der Waals surface area contributed by atoms with E-state index in [-0.39, 0.29) is 42.8 Å². The fourth-order valence-electron chi connectivity index (χ4n) is 5.60. The molecular formula is C28H42N4O5. The zero-order valence-electron chi connectivity index (χ0n) is 22.6. The number of amides is 3. The van der Waals surface area contributed by atoms with E-state index in [1.807, 2.05) is 49.1 Å². The summed E-state index contributed by atoms with van der Waals surface area (Å²) >= 11 is 0. The molecule has 1 unspecified atom stereocenters. The van der Waals surface area contributed by atoms with Crippen molar-refractivity contribution in [2.24, 2.45) is 11.8 Å². The van der Waals surface area contributed by atoms with Crippen LogP contribution in [0.25, 0.3) is 0 Å². The Morgan fingerprint density at radius 3 is 2.46 bits per heavy atom. The topological polar surface area (TPSA) is 91.4 Å². The molecule has 0 aliphatic carbocycles. The van der Waals surface area contributed by atoms with E-state index < -0.39 is 24.4 Å². The molecule has 1 aromatic carbocycles. The highest BCUT2D eigenvalue weighted by atomic mass is 16.7. The first kappa shape index (κ1) is 27.4. The lowest BCUT2D eigenvalue weighted by Crippen LogP contribution is -2.74. The monoisotopic (exact) mass is 514 g/mol. The van der Waals surface area contributed by atoms with Crippen LogP contribution in [-0.2, 0) is 25.8 Å². The molecule has 1 N–H and O–H groups in total. The number of carbonyl (C=O) groups excluding carboxylic acids is 3. The van der Waals surface area contributed by atoms with Gasteiger partial charge in [0.25, 0.3) is 5.91 Å². The van der Waals surface area contributed by atoms with Gasteiger partial charge in [-0.25, -0.2) is 4.79 Å². The first-order valence-electron chi connectivity index (χ1n) is 13.8. The highest BCUT2D eigenvalue weighted by Crippen LogP contribution is 2.34. The molecular weight excluding hydrogens is 472 g/mol. The lowest BCUT2D eigenvalue weighted by Gasteiger charge is -2.54. The smallest absolute Gasteiger partial charge is 0.436 e. The van der Waals surface area contributed by atoms with Gasteiger partial charge >= 0.3 is 6.09 Å². The molecule has 9 nitrogen and oxygen atoms in total. The van der Waals surface area contributed by atoms with Crippen LogP contribution in [0.4, 0.5) is 4.79 Å². The zero-order chi connectivity index (χ0) is 26.5. The molecule has 1 aromatic rings. The van der Waals surface area contributed by atoms with Crippen molar-refractivity contribution in [3.8, 4) is 0 Å². The highest BCUT2D eigenvalue weighted by Gasteiger charge is 2.54. The van der Waals surface area contributed by atoms with E-state index in [9.17, 15) is 14.4 Å². The van der Waals surface area contributed by atoms with Gasteiger partial charge in [-0.3, -0.25) is 14.4 Å². The molecule has 3 aliphatic rings. The second-order valence-corrected chi connectivity index (χ2v) is 11.3. The van der Waals surface area contributed by atoms with Gasteiger partial charge in [-0.15, -0.1) is 0 Å². The first-order chi connectivity index (χ1) is 17.8. The summed E-state index contributed by atoms with van der Waals surface area (Å²) in [4.78, 5) is 50.8. The van der Waals surface area contributed by atoms with Gasteiger partial charge < -0.3 is 19.9 Å². The number of ether oxygens (including phenoxy) is 1. The van der Waals surface area contributed by atoms with Gasteiger partial charge in [0, 0.05) is 6.04 Å². The molecule has 0 saturated carbocycles. The van der Waals surface area contributed by atoms with Crippen LogP contribution in [0.5, 0.6) is 0 Å². The van der Waals surface area contributed by atoms with E-state index in [2.05, 4.69) is 19.2 Å². The maximum atomic E-state index is 13.9. The molecule has 4 rings (SSSR count). The number of benzene rings is 1. The molecule has 37 heavy (non-hydrogen) atoms. The largest absolute Gasteiger partial charge is 0.443 e. The Hall–Kier alpha value is -2.65. The summed E-state index contributed by atoms with van der Waals surface area (Å²) < 4.78 is 5.66. The minimum absolute atomic E-state index is 0.0204. The zero-order valence-corrected chi connectivity index (χ0v) is 22.6. The molecule has 3 heterocycles. The van der Waals surface area contributed by atoms with E-state index in [4.69, 9.17) is 9.57 Å². The molecule has 204 valence electrons. The van der Waals surface area contributed by atoms with E-state index >= 15 is 0 Å². The third kappa shape index (κ3) is 6.44. The Morgan fingerprint density at radius 1 is 1.03 bits per heavy atom. The van der Waals surface area contributed by atoms with Crippen LogP contribution in [0, 0.1) is 11.8 Å². The number of hydrogen-bond acceptors (Lipinski definition) is 6. The van der Waals surface area contributed by atoms with Gasteiger partial charge in [0.15, 0.2) is 12.3 Å². The van der Waals surface area contributed by atoms with Crippen LogP contribution in [0.3, 0.4) is 0 Å². The average Bonchev–Trinajstić information content (AvgIpc) is 3.15. The number of hydroxylamine groups is 2. The summed E-state index contributed by atoms with van der Waals surface area (Å²) in [6.07, 6.45) is 1.49. The number of rotatable bonds is 7. The summed E-state index contributed by atoms with van der Waals surface area (Å²) in [5, 5.41) is 4.64. The number of carbonyl (C=O) groups is 3. The number of hydrogen-bond donors (Lipinski definition) is 1. The number of nitrogens with zero attached hydrogens (tertiary/aromatic N) is 3. The van der Waals surface area contributed by atoms with Crippen molar-refractivity contribution in [1.82, 2.24) is 20.2 Å². The maximum absolute atomic E-state index is 13.9. The third-order valence-electron chi connectivity index (χ3n) is 7.38. The van der Waals surface area contributed by atoms with Crippen LogP contribution in [0.2, 0.25) is 0 Å². The predicted octanol–water partition coefficient (Wildman–Crippen LogP) is 3.54. The van der Waals surface area contributed by atoms with Crippen LogP contribution < -0.4 is 5.32 Å². The molecule has 3 aliphatic heterocycles. The summed E-state index contributed by atoms with van der Waals surface area (Å²) in [5.74, 6) is 0.134. The van der Waals surface area contributed by atoms with Crippen molar-refractivity contribution in [3.63, 3.8) is 0 Å². The van der Waals surface area contributed by atoms with Gasteiger partial charge in [0.05, 0.1) is 6.54 Å². The lowest BCUT2D eigenvalue weighted by molar-refractivity contribution is -0.270. The minimum atomic E-state index is -0.836. The van der Waals surface area contributed by atoms with E-state index in [0.717, 1.165) is 37.9 Å². The van der Waals surface area contributed by atoms with Gasteiger partial charge in [0.2, 0.25) is 5.91 Å². The second-order valence-electron chi connectivity index (χ2n) is 11.3. The molecule has 0 spiro atoms. The highest BCUT2D eigenvalue weighted by molar-refractivity contribution is 5.92. The van der Waals surface area contributed by atoms with Gasteiger partial charge in [-0.05, 0) is 62.6 Å². The van der Waals surface area contributed by atoms with Crippen LogP contribution in [-0.4, -0.2) is 76.8 Å². The fourth-order valence-corrected chi connectivity index (χ4v) is 5.60. The van der Waals surface area contributed by atoms with E-state index in [0.29, 0.717) is 12.8 Å². The molecule has 3 amide bonds. The van der Waals surface area contributed by atoms with Crippen LogP contribution >= 0.6 is 0 Å². The molecule has 0 bridgehead atoms. The average molecular weight is 515 g/mol. The van der Waals surface area contributed by atoms with Crippen molar-refractivity contribution < 1.29 is 24.0 Å². The molecule has 3 fully saturated rings. The van der Waals surface area contributed by atoms with Crippen LogP contribution in [0.1, 0.15) is 65.4 Å². The normalized spacial score (nSPS) is 26.9. The van der Waals surface area contributed by atoms with E-state index in [1.165, 1.54) is 5.06 Å². The van der Waals surface area contributed by atoms with Gasteiger partial charge in [-0.2, -0.15) is 5.06 Å². The second kappa shape index (κ2) is 12.3. The maximum Gasteiger partial charge on any atom is 0.436 e. The SMILES string of the molecule is CC(C)C[C@H]1ON(C(=O)OCc2ccccc2)[C@H]2CN(C3CCCNCC3)C(=O)[C@H](CC(C)C)N2C1=O. The van der Waals surface area contributed by atoms with Gasteiger partial charge in [-0.1, -0.05) is 58.0 Å². The summed E-state index contributed by atoms with van der Waals surface area (Å²) in [7, 11) is 0. The third-order valence-corrected chi connectivity index (χ3v) is 7.38.